The molecule has 0 spiro atoms. The van der Waals surface area contributed by atoms with Crippen molar-refractivity contribution in [2.75, 3.05) is 31.5 Å². The number of halogens is 2. The van der Waals surface area contributed by atoms with E-state index in [4.69, 9.17) is 23.2 Å². The Hall–Kier alpha value is -1.34. The molecule has 1 aromatic carbocycles. The summed E-state index contributed by atoms with van der Waals surface area (Å²) in [5.41, 5.74) is 0.485. The molecule has 1 aromatic rings. The molecule has 0 unspecified atom stereocenters. The molecular formula is C14H18Cl2N3O3+. The number of carbonyl (C=O) groups excluding carboxylic acids is 2. The molecule has 1 aliphatic rings. The molecule has 4 N–H and O–H groups in total. The summed E-state index contributed by atoms with van der Waals surface area (Å²) in [7, 11) is 0. The number of quaternary nitrogens is 2. The maximum absolute atomic E-state index is 12.1. The zero-order chi connectivity index (χ0) is 16.1. The Kier molecular flexibility index (Phi) is 6.02. The lowest BCUT2D eigenvalue weighted by atomic mass is 10.1. The van der Waals surface area contributed by atoms with Gasteiger partial charge in [-0.1, -0.05) is 23.2 Å². The summed E-state index contributed by atoms with van der Waals surface area (Å²) < 4.78 is 0. The van der Waals surface area contributed by atoms with Crippen molar-refractivity contribution in [3.63, 3.8) is 0 Å². The second kappa shape index (κ2) is 7.78. The Labute approximate surface area is 138 Å². The van der Waals surface area contributed by atoms with Gasteiger partial charge < -0.3 is 25.4 Å². The topological polar surface area (TPSA) is 90.3 Å². The number of hydrogen-bond donors (Lipinski definition) is 3. The van der Waals surface area contributed by atoms with Crippen LogP contribution in [0.25, 0.3) is 0 Å². The Morgan fingerprint density at radius 3 is 2.55 bits per heavy atom. The van der Waals surface area contributed by atoms with E-state index >= 15 is 0 Å². The summed E-state index contributed by atoms with van der Waals surface area (Å²) in [5, 5.41) is 16.8. The molecule has 22 heavy (non-hydrogen) atoms. The molecule has 120 valence electrons. The maximum Gasteiger partial charge on any atom is 0.230 e. The second-order valence-electron chi connectivity index (χ2n) is 5.28. The van der Waals surface area contributed by atoms with E-state index in [0.29, 0.717) is 28.8 Å². The summed E-state index contributed by atoms with van der Waals surface area (Å²) in [5.74, 6) is -1.57. The van der Waals surface area contributed by atoms with Crippen LogP contribution in [0.3, 0.4) is 0 Å². The molecule has 1 fully saturated rings. The first-order valence-corrected chi connectivity index (χ1v) is 7.85. The number of carboxylic acid groups (broad SMARTS) is 1. The molecule has 0 aromatic heterocycles. The number of aliphatic carboxylic acids is 1. The molecule has 8 heteroatoms. The van der Waals surface area contributed by atoms with Gasteiger partial charge in [0.15, 0.2) is 0 Å². The van der Waals surface area contributed by atoms with Crippen LogP contribution < -0.4 is 20.6 Å². The molecule has 0 saturated carbocycles. The van der Waals surface area contributed by atoms with Gasteiger partial charge in [-0.25, -0.2) is 0 Å². The minimum atomic E-state index is -1.19. The van der Waals surface area contributed by atoms with Crippen LogP contribution in [0.2, 0.25) is 10.0 Å². The highest BCUT2D eigenvalue weighted by Crippen LogP contribution is 2.25. The Morgan fingerprint density at radius 2 is 1.95 bits per heavy atom. The third-order valence-corrected chi connectivity index (χ3v) is 4.45. The lowest BCUT2D eigenvalue weighted by Crippen LogP contribution is -3.24. The normalized spacial score (nSPS) is 17.0. The lowest BCUT2D eigenvalue weighted by molar-refractivity contribution is -0.961. The van der Waals surface area contributed by atoms with Crippen LogP contribution >= 0.6 is 23.2 Å². The molecule has 1 saturated heterocycles. The van der Waals surface area contributed by atoms with Crippen LogP contribution in [0, 0.1) is 0 Å². The number of amides is 1. The van der Waals surface area contributed by atoms with Crippen molar-refractivity contribution in [3.8, 4) is 0 Å². The quantitative estimate of drug-likeness (QED) is 0.570. The van der Waals surface area contributed by atoms with Gasteiger partial charge in [0.2, 0.25) is 5.91 Å². The summed E-state index contributed by atoms with van der Waals surface area (Å²) in [4.78, 5) is 24.3. The molecular weight excluding hydrogens is 329 g/mol. The third kappa shape index (κ3) is 4.58. The molecule has 0 aliphatic carbocycles. The fourth-order valence-electron chi connectivity index (χ4n) is 2.56. The average Bonchev–Trinajstić information content (AvgIpc) is 2.49. The van der Waals surface area contributed by atoms with Crippen molar-refractivity contribution >= 4 is 40.8 Å². The van der Waals surface area contributed by atoms with Crippen LogP contribution in [0.4, 0.5) is 5.69 Å². The standard InChI is InChI=1S/C14H17Cl2N3O3/c15-10-2-1-9(7-11(10)16)18-13(20)8-12(14(21)22)19-5-3-17-4-6-19/h1-2,7,12,17H,3-6,8H2,(H,18,20)(H,21,22)/p+1/t12-/m1/s1. The van der Waals surface area contributed by atoms with Crippen molar-refractivity contribution < 1.29 is 24.9 Å². The molecule has 2 rings (SSSR count). The number of nitrogens with one attached hydrogen (secondary N) is 2. The van der Waals surface area contributed by atoms with Gasteiger partial charge >= 0.3 is 0 Å². The minimum absolute atomic E-state index is 0.127. The molecule has 1 aliphatic heterocycles. The Morgan fingerprint density at radius 1 is 1.27 bits per heavy atom. The number of nitrogens with two attached hydrogens (primary N) is 1. The highest BCUT2D eigenvalue weighted by atomic mass is 35.5. The zero-order valence-electron chi connectivity index (χ0n) is 11.9. The van der Waals surface area contributed by atoms with E-state index in [1.807, 2.05) is 0 Å². The highest BCUT2D eigenvalue weighted by Gasteiger charge is 2.29. The number of piperazine rings is 1. The fraction of sp³-hybridized carbons (Fsp3) is 0.429. The molecule has 0 radical (unpaired) electrons. The lowest BCUT2D eigenvalue weighted by Gasteiger charge is -2.30. The highest BCUT2D eigenvalue weighted by molar-refractivity contribution is 6.42. The SMILES string of the molecule is O=C(C[C@H](C(=O)[O-])[NH+]1CC[NH2+]CC1)Nc1ccc(Cl)c(Cl)c1. The van der Waals surface area contributed by atoms with Crippen molar-refractivity contribution in [3.05, 3.63) is 28.2 Å². The van der Waals surface area contributed by atoms with E-state index < -0.39 is 12.0 Å². The first kappa shape index (κ1) is 17.0. The van der Waals surface area contributed by atoms with Gasteiger partial charge in [-0.05, 0) is 18.2 Å². The van der Waals surface area contributed by atoms with Gasteiger partial charge in [0, 0.05) is 5.69 Å². The van der Waals surface area contributed by atoms with Gasteiger partial charge in [0.05, 0.1) is 22.4 Å². The molecule has 0 bridgehead atoms. The van der Waals surface area contributed by atoms with E-state index in [2.05, 4.69) is 10.6 Å². The van der Waals surface area contributed by atoms with E-state index in [-0.39, 0.29) is 12.3 Å². The average molecular weight is 347 g/mol. The van der Waals surface area contributed by atoms with E-state index in [0.717, 1.165) is 18.0 Å². The monoisotopic (exact) mass is 346 g/mol. The van der Waals surface area contributed by atoms with Crippen LogP contribution in [-0.4, -0.2) is 44.1 Å². The zero-order valence-corrected chi connectivity index (χ0v) is 13.4. The van der Waals surface area contributed by atoms with Gasteiger partial charge in [-0.3, -0.25) is 4.79 Å². The van der Waals surface area contributed by atoms with Crippen LogP contribution in [0.5, 0.6) is 0 Å². The second-order valence-corrected chi connectivity index (χ2v) is 6.09. The number of carboxylic acids is 1. The van der Waals surface area contributed by atoms with Crippen LogP contribution in [-0.2, 0) is 9.59 Å². The van der Waals surface area contributed by atoms with Crippen molar-refractivity contribution in [2.45, 2.75) is 12.5 Å². The predicted molar refractivity (Wildman–Crippen MR) is 80.9 cm³/mol. The molecule has 1 heterocycles. The minimum Gasteiger partial charge on any atom is -0.544 e. The molecule has 6 nitrogen and oxygen atoms in total. The number of benzene rings is 1. The third-order valence-electron chi connectivity index (χ3n) is 3.71. The van der Waals surface area contributed by atoms with E-state index in [1.54, 1.807) is 12.1 Å². The van der Waals surface area contributed by atoms with Crippen molar-refractivity contribution in [1.29, 1.82) is 0 Å². The predicted octanol–water partition coefficient (Wildman–Crippen LogP) is -2.10. The number of anilines is 1. The molecule has 1 amide bonds. The smallest absolute Gasteiger partial charge is 0.230 e. The van der Waals surface area contributed by atoms with Gasteiger partial charge in [-0.2, -0.15) is 0 Å². The van der Waals surface area contributed by atoms with Gasteiger partial charge in [-0.15, -0.1) is 0 Å². The number of hydrogen-bond acceptors (Lipinski definition) is 3. The summed E-state index contributed by atoms with van der Waals surface area (Å²) in [6, 6.07) is 3.87. The fourth-order valence-corrected chi connectivity index (χ4v) is 2.86. The summed E-state index contributed by atoms with van der Waals surface area (Å²) in [6.07, 6.45) is -0.127. The summed E-state index contributed by atoms with van der Waals surface area (Å²) >= 11 is 11.7. The summed E-state index contributed by atoms with van der Waals surface area (Å²) in [6.45, 7) is 3.12. The largest absolute Gasteiger partial charge is 0.544 e. The van der Waals surface area contributed by atoms with Gasteiger partial charge in [0.25, 0.3) is 0 Å². The Balaban J connectivity index is 1.98. The molecule has 1 atom stereocenters. The number of rotatable bonds is 5. The van der Waals surface area contributed by atoms with Crippen molar-refractivity contribution in [2.24, 2.45) is 0 Å². The first-order chi connectivity index (χ1) is 10.5. The number of carbonyl (C=O) groups is 2. The first-order valence-electron chi connectivity index (χ1n) is 7.09. The van der Waals surface area contributed by atoms with Crippen LogP contribution in [0.1, 0.15) is 6.42 Å². The van der Waals surface area contributed by atoms with E-state index in [9.17, 15) is 14.7 Å². The van der Waals surface area contributed by atoms with E-state index in [1.165, 1.54) is 6.07 Å². The van der Waals surface area contributed by atoms with Crippen molar-refractivity contribution in [1.82, 2.24) is 0 Å². The Bertz CT molecular complexity index is 562. The maximum atomic E-state index is 12.1. The van der Waals surface area contributed by atoms with Gasteiger partial charge in [0.1, 0.15) is 32.2 Å². The van der Waals surface area contributed by atoms with Crippen LogP contribution in [0.15, 0.2) is 18.2 Å².